The Morgan fingerprint density at radius 2 is 1.68 bits per heavy atom. The fraction of sp³-hybridized carbons (Fsp3) is 0.444. The van der Waals surface area contributed by atoms with Gasteiger partial charge in [-0.25, -0.2) is 0 Å². The molecule has 22 heavy (non-hydrogen) atoms. The summed E-state index contributed by atoms with van der Waals surface area (Å²) < 4.78 is 0. The molecule has 2 rings (SSSR count). The zero-order chi connectivity index (χ0) is 16.1. The van der Waals surface area contributed by atoms with Crippen LogP contribution in [-0.2, 0) is 0 Å². The summed E-state index contributed by atoms with van der Waals surface area (Å²) in [5.41, 5.74) is 2.37. The Morgan fingerprint density at radius 3 is 2.23 bits per heavy atom. The Labute approximate surface area is 132 Å². The van der Waals surface area contributed by atoms with Gasteiger partial charge in [0.25, 0.3) is 5.91 Å². The molecule has 0 spiro atoms. The van der Waals surface area contributed by atoms with E-state index >= 15 is 0 Å². The van der Waals surface area contributed by atoms with Gasteiger partial charge in [-0.05, 0) is 17.9 Å². The SMILES string of the molecule is CC(C)CN(CC(C)C)C(=O)c1cc(-c2ccccc2)n[nH]1. The summed E-state index contributed by atoms with van der Waals surface area (Å²) in [7, 11) is 0. The highest BCUT2D eigenvalue weighted by molar-refractivity contribution is 5.93. The lowest BCUT2D eigenvalue weighted by molar-refractivity contribution is 0.0709. The van der Waals surface area contributed by atoms with Crippen molar-refractivity contribution in [3.05, 3.63) is 42.1 Å². The van der Waals surface area contributed by atoms with Crippen molar-refractivity contribution < 1.29 is 4.79 Å². The van der Waals surface area contributed by atoms with Gasteiger partial charge in [0, 0.05) is 18.7 Å². The van der Waals surface area contributed by atoms with E-state index in [-0.39, 0.29) is 5.91 Å². The molecule has 0 aliphatic carbocycles. The first-order chi connectivity index (χ1) is 10.5. The van der Waals surface area contributed by atoms with Crippen LogP contribution >= 0.6 is 0 Å². The number of H-pyrrole nitrogens is 1. The summed E-state index contributed by atoms with van der Waals surface area (Å²) in [6.45, 7) is 10.0. The Hall–Kier alpha value is -2.10. The van der Waals surface area contributed by atoms with Crippen LogP contribution < -0.4 is 0 Å². The summed E-state index contributed by atoms with van der Waals surface area (Å²) in [5.74, 6) is 0.913. The second-order valence-corrected chi connectivity index (χ2v) is 6.53. The van der Waals surface area contributed by atoms with E-state index in [0.29, 0.717) is 17.5 Å². The van der Waals surface area contributed by atoms with Crippen LogP contribution in [0.3, 0.4) is 0 Å². The minimum Gasteiger partial charge on any atom is -0.337 e. The number of nitrogens with zero attached hydrogens (tertiary/aromatic N) is 2. The molecule has 118 valence electrons. The van der Waals surface area contributed by atoms with Crippen molar-refractivity contribution in [3.8, 4) is 11.3 Å². The maximum absolute atomic E-state index is 12.7. The molecule has 0 saturated heterocycles. The summed E-state index contributed by atoms with van der Waals surface area (Å²) in [5, 5.41) is 7.17. The van der Waals surface area contributed by atoms with Gasteiger partial charge in [0.1, 0.15) is 5.69 Å². The van der Waals surface area contributed by atoms with Gasteiger partial charge in [-0.3, -0.25) is 9.89 Å². The molecule has 0 atom stereocenters. The molecule has 1 amide bonds. The number of hydrogen-bond donors (Lipinski definition) is 1. The minimum atomic E-state index is 0.0251. The van der Waals surface area contributed by atoms with Crippen molar-refractivity contribution >= 4 is 5.91 Å². The summed E-state index contributed by atoms with van der Waals surface area (Å²) >= 11 is 0. The quantitative estimate of drug-likeness (QED) is 0.881. The molecule has 2 aromatic rings. The van der Waals surface area contributed by atoms with Crippen LogP contribution in [0.2, 0.25) is 0 Å². The van der Waals surface area contributed by atoms with Gasteiger partial charge in [-0.15, -0.1) is 0 Å². The van der Waals surface area contributed by atoms with Crippen molar-refractivity contribution in [2.24, 2.45) is 11.8 Å². The Kier molecular flexibility index (Phi) is 5.36. The fourth-order valence-electron chi connectivity index (χ4n) is 2.48. The van der Waals surface area contributed by atoms with E-state index in [1.165, 1.54) is 0 Å². The largest absolute Gasteiger partial charge is 0.337 e. The number of carbonyl (C=O) groups is 1. The molecule has 1 aromatic heterocycles. The highest BCUT2D eigenvalue weighted by Crippen LogP contribution is 2.18. The third kappa shape index (κ3) is 4.20. The normalized spacial score (nSPS) is 11.2. The molecular formula is C18H25N3O. The van der Waals surface area contributed by atoms with Crippen LogP contribution in [0, 0.1) is 11.8 Å². The molecule has 1 heterocycles. The van der Waals surface area contributed by atoms with E-state index in [4.69, 9.17) is 0 Å². The van der Waals surface area contributed by atoms with Crippen molar-refractivity contribution in [1.82, 2.24) is 15.1 Å². The predicted octanol–water partition coefficient (Wildman–Crippen LogP) is 3.83. The second-order valence-electron chi connectivity index (χ2n) is 6.53. The van der Waals surface area contributed by atoms with Crippen LogP contribution in [0.25, 0.3) is 11.3 Å². The lowest BCUT2D eigenvalue weighted by atomic mass is 10.1. The van der Waals surface area contributed by atoms with E-state index < -0.39 is 0 Å². The molecule has 0 aliphatic rings. The van der Waals surface area contributed by atoms with Crippen LogP contribution in [0.15, 0.2) is 36.4 Å². The van der Waals surface area contributed by atoms with Crippen molar-refractivity contribution in [2.75, 3.05) is 13.1 Å². The molecule has 1 N–H and O–H groups in total. The van der Waals surface area contributed by atoms with Gasteiger partial charge in [-0.1, -0.05) is 58.0 Å². The molecule has 0 saturated carbocycles. The highest BCUT2D eigenvalue weighted by Gasteiger charge is 2.20. The molecule has 1 aromatic carbocycles. The van der Waals surface area contributed by atoms with Gasteiger partial charge in [0.05, 0.1) is 5.69 Å². The lowest BCUT2D eigenvalue weighted by Gasteiger charge is -2.25. The molecule has 4 heteroatoms. The fourth-order valence-corrected chi connectivity index (χ4v) is 2.48. The third-order valence-electron chi connectivity index (χ3n) is 3.34. The van der Waals surface area contributed by atoms with Crippen molar-refractivity contribution in [1.29, 1.82) is 0 Å². The predicted molar refractivity (Wildman–Crippen MR) is 89.6 cm³/mol. The highest BCUT2D eigenvalue weighted by atomic mass is 16.2. The van der Waals surface area contributed by atoms with Gasteiger partial charge >= 0.3 is 0 Å². The Balaban J connectivity index is 2.18. The van der Waals surface area contributed by atoms with Gasteiger partial charge in [-0.2, -0.15) is 5.10 Å². The average molecular weight is 299 g/mol. The first-order valence-electron chi connectivity index (χ1n) is 7.87. The molecule has 0 fully saturated rings. The standard InChI is InChI=1S/C18H25N3O/c1-13(2)11-21(12-14(3)4)18(22)17-10-16(19-20-17)15-8-6-5-7-9-15/h5-10,13-14H,11-12H2,1-4H3,(H,19,20). The number of nitrogens with one attached hydrogen (secondary N) is 1. The number of rotatable bonds is 6. The number of aromatic nitrogens is 2. The zero-order valence-corrected chi connectivity index (χ0v) is 13.8. The van der Waals surface area contributed by atoms with Crippen LogP contribution in [0.5, 0.6) is 0 Å². The summed E-state index contributed by atoms with van der Waals surface area (Å²) in [4.78, 5) is 14.6. The molecular weight excluding hydrogens is 274 g/mol. The van der Waals surface area contributed by atoms with E-state index in [9.17, 15) is 4.79 Å². The number of carbonyl (C=O) groups excluding carboxylic acids is 1. The van der Waals surface area contributed by atoms with E-state index in [2.05, 4.69) is 37.9 Å². The summed E-state index contributed by atoms with van der Waals surface area (Å²) in [6, 6.07) is 11.7. The smallest absolute Gasteiger partial charge is 0.271 e. The Morgan fingerprint density at radius 1 is 1.09 bits per heavy atom. The van der Waals surface area contributed by atoms with Gasteiger partial charge < -0.3 is 4.90 Å². The minimum absolute atomic E-state index is 0.0251. The van der Waals surface area contributed by atoms with E-state index in [1.807, 2.05) is 41.3 Å². The van der Waals surface area contributed by atoms with E-state index in [0.717, 1.165) is 24.3 Å². The molecule has 0 radical (unpaired) electrons. The van der Waals surface area contributed by atoms with Crippen molar-refractivity contribution in [3.63, 3.8) is 0 Å². The second kappa shape index (κ2) is 7.25. The zero-order valence-electron chi connectivity index (χ0n) is 13.8. The summed E-state index contributed by atoms with van der Waals surface area (Å²) in [6.07, 6.45) is 0. The topological polar surface area (TPSA) is 49.0 Å². The van der Waals surface area contributed by atoms with Gasteiger partial charge in [0.15, 0.2) is 0 Å². The Bertz CT molecular complexity index is 592. The maximum atomic E-state index is 12.7. The molecule has 0 unspecified atom stereocenters. The number of aromatic amines is 1. The maximum Gasteiger partial charge on any atom is 0.271 e. The van der Waals surface area contributed by atoms with Crippen LogP contribution in [0.4, 0.5) is 0 Å². The van der Waals surface area contributed by atoms with Gasteiger partial charge in [0.2, 0.25) is 0 Å². The molecule has 4 nitrogen and oxygen atoms in total. The first-order valence-corrected chi connectivity index (χ1v) is 7.87. The number of benzene rings is 1. The molecule has 0 aliphatic heterocycles. The van der Waals surface area contributed by atoms with Crippen LogP contribution in [-0.4, -0.2) is 34.1 Å². The first kappa shape index (κ1) is 16.3. The lowest BCUT2D eigenvalue weighted by Crippen LogP contribution is -2.37. The van der Waals surface area contributed by atoms with E-state index in [1.54, 1.807) is 0 Å². The van der Waals surface area contributed by atoms with Crippen molar-refractivity contribution in [2.45, 2.75) is 27.7 Å². The number of amides is 1. The monoisotopic (exact) mass is 299 g/mol. The third-order valence-corrected chi connectivity index (χ3v) is 3.34. The average Bonchev–Trinajstić information content (AvgIpc) is 2.95. The number of hydrogen-bond acceptors (Lipinski definition) is 2. The van der Waals surface area contributed by atoms with Crippen LogP contribution in [0.1, 0.15) is 38.2 Å². The molecule has 0 bridgehead atoms.